The molecule has 1 saturated heterocycles. The van der Waals surface area contributed by atoms with Crippen molar-refractivity contribution in [1.82, 2.24) is 0 Å². The molecule has 0 saturated carbocycles. The molecule has 0 radical (unpaired) electrons. The minimum atomic E-state index is -4.05. The van der Waals surface area contributed by atoms with Crippen molar-refractivity contribution in [2.45, 2.75) is 67.5 Å². The molecule has 0 aromatic heterocycles. The second kappa shape index (κ2) is 14.4. The zero-order valence-electron chi connectivity index (χ0n) is 28.7. The fourth-order valence-corrected chi connectivity index (χ4v) is 12.5. The Labute approximate surface area is 291 Å². The van der Waals surface area contributed by atoms with Crippen molar-refractivity contribution in [2.24, 2.45) is 0 Å². The van der Waals surface area contributed by atoms with Crippen LogP contribution in [0.1, 0.15) is 52.8 Å². The Kier molecular flexibility index (Phi) is 11.9. The van der Waals surface area contributed by atoms with Gasteiger partial charge in [-0.2, -0.15) is 0 Å². The summed E-state index contributed by atoms with van der Waals surface area (Å²) in [6.07, 6.45) is -0.138. The van der Waals surface area contributed by atoms with Gasteiger partial charge in [0, 0.05) is 0 Å². The maximum atomic E-state index is 11.8. The molecule has 46 heavy (non-hydrogen) atoms. The number of benzene rings is 3. The Bertz CT molecular complexity index is 1720. The molecule has 7 nitrogen and oxygen atoms in total. The molecule has 254 valence electrons. The van der Waals surface area contributed by atoms with E-state index in [4.69, 9.17) is 24.1 Å². The van der Waals surface area contributed by atoms with E-state index < -0.39 is 16.8 Å². The summed E-state index contributed by atoms with van der Waals surface area (Å²) >= 11 is -4.05. The first-order chi connectivity index (χ1) is 20.8. The minimum absolute atomic E-state index is 0. The van der Waals surface area contributed by atoms with E-state index in [0.717, 1.165) is 49.0 Å². The smallest absolute Gasteiger partial charge is 0.147 e. The zero-order valence-corrected chi connectivity index (χ0v) is 32.8. The zero-order chi connectivity index (χ0) is 33.6. The van der Waals surface area contributed by atoms with Gasteiger partial charge in [-0.05, 0) is 0 Å². The van der Waals surface area contributed by atoms with Crippen molar-refractivity contribution >= 4 is 57.8 Å². The standard InChI is InChI=1S/C25H36N3.C10H11NO3.3ClH.Ru/c1-17-10-19(3)24(20(4)11-17)26-14-23(15-28(7,8)9)27(16-26)25-21(5)12-18(2)13-22(25)6;1-7(2)14-10-5-4-9(11(12)13)6-8(10)3;;;;/h10-13,23H,14-15H2,1-9H3;3-7H,1-2H3;3*1H;/q+1;;;;;+2/p-2. The summed E-state index contributed by atoms with van der Waals surface area (Å²) < 4.78 is 9.60. The van der Waals surface area contributed by atoms with E-state index in [-0.39, 0.29) is 30.2 Å². The van der Waals surface area contributed by atoms with Crippen molar-refractivity contribution in [3.63, 3.8) is 0 Å². The van der Waals surface area contributed by atoms with Crippen LogP contribution in [0.3, 0.4) is 0 Å². The van der Waals surface area contributed by atoms with Gasteiger partial charge in [0.15, 0.2) is 0 Å². The number of aryl methyl sites for hydroxylation is 6. The summed E-state index contributed by atoms with van der Waals surface area (Å²) in [6.45, 7) is 18.2. The summed E-state index contributed by atoms with van der Waals surface area (Å²) in [5.41, 5.74) is 9.70. The van der Waals surface area contributed by atoms with Gasteiger partial charge in [-0.3, -0.25) is 0 Å². The van der Waals surface area contributed by atoms with Gasteiger partial charge >= 0.3 is 280 Å². The summed E-state index contributed by atoms with van der Waals surface area (Å²) in [7, 11) is 22.1. The number of quaternary nitrogens is 1. The Balaban J connectivity index is 0.00000576. The predicted molar refractivity (Wildman–Crippen MR) is 196 cm³/mol. The van der Waals surface area contributed by atoms with E-state index in [9.17, 15) is 10.1 Å². The van der Waals surface area contributed by atoms with Gasteiger partial charge < -0.3 is 0 Å². The number of ether oxygens (including phenoxy) is 1. The van der Waals surface area contributed by atoms with Gasteiger partial charge in [0.1, 0.15) is 0 Å². The van der Waals surface area contributed by atoms with E-state index in [0.29, 0.717) is 17.9 Å². The van der Waals surface area contributed by atoms with E-state index >= 15 is 0 Å². The van der Waals surface area contributed by atoms with Gasteiger partial charge in [-0.25, -0.2) is 0 Å². The molecule has 11 heteroatoms. The second-order valence-corrected chi connectivity index (χ2v) is 22.8. The minimum Gasteiger partial charge on any atom is -0.147 e. The number of nitrogens with zero attached hydrogens (tertiary/aromatic N) is 4. The predicted octanol–water partition coefficient (Wildman–Crippen LogP) is 8.46. The van der Waals surface area contributed by atoms with Crippen LogP contribution in [0.25, 0.3) is 0 Å². The Hall–Kier alpha value is -2.35. The molecule has 0 amide bonds. The molecule has 1 heterocycles. The average Bonchev–Trinajstić information content (AvgIpc) is 3.20. The fraction of sp³-hybridized carbons (Fsp3) is 0.429. The van der Waals surface area contributed by atoms with Crippen LogP contribution in [0.15, 0.2) is 42.5 Å². The number of nitro groups is 1. The third kappa shape index (κ3) is 8.38. The molecular weight excluding hydrogens is 732 g/mol. The molecule has 1 fully saturated rings. The van der Waals surface area contributed by atoms with Crippen LogP contribution in [-0.4, -0.2) is 64.7 Å². The summed E-state index contributed by atoms with van der Waals surface area (Å²) in [4.78, 5) is 16.2. The topological polar surface area (TPSA) is 58.9 Å². The maximum Gasteiger partial charge on any atom is -0.147 e. The van der Waals surface area contributed by atoms with Crippen molar-refractivity contribution < 1.29 is 26.0 Å². The van der Waals surface area contributed by atoms with Crippen LogP contribution in [-0.2, 0) is 11.9 Å². The van der Waals surface area contributed by atoms with Gasteiger partial charge in [-0.15, -0.1) is 12.4 Å². The molecule has 1 aliphatic heterocycles. The molecule has 4 rings (SSSR count). The maximum absolute atomic E-state index is 11.8. The summed E-state index contributed by atoms with van der Waals surface area (Å²) in [6, 6.07) is 13.5. The first-order valence-electron chi connectivity index (χ1n) is 15.1. The monoisotopic (exact) mass is 779 g/mol. The number of hydrogen-bond acceptors (Lipinski definition) is 5. The van der Waals surface area contributed by atoms with Crippen LogP contribution in [0.4, 0.5) is 17.1 Å². The number of non-ortho nitro benzene ring substituents is 1. The molecule has 3 aromatic carbocycles. The number of likely N-dealkylation sites (N-methyl/N-ethyl adjacent to an activating group) is 1. The van der Waals surface area contributed by atoms with Crippen molar-refractivity contribution in [3.05, 3.63) is 91.5 Å². The second-order valence-electron chi connectivity index (χ2n) is 13.5. The fourth-order valence-electron chi connectivity index (χ4n) is 6.53. The molecule has 1 unspecified atom stereocenters. The van der Waals surface area contributed by atoms with Crippen LogP contribution in [0, 0.1) is 51.7 Å². The largest absolute Gasteiger partial charge is 0.147 e. The molecule has 1 aliphatic rings. The quantitative estimate of drug-likeness (QED) is 0.0995. The molecule has 0 N–H and O–H groups in total. The van der Waals surface area contributed by atoms with Gasteiger partial charge in [-0.1, -0.05) is 0 Å². The Morgan fingerprint density at radius 3 is 1.89 bits per heavy atom. The van der Waals surface area contributed by atoms with Crippen molar-refractivity contribution in [2.75, 3.05) is 44.0 Å². The average molecular weight is 780 g/mol. The number of nitro benzene ring substituents is 1. The molecule has 0 spiro atoms. The third-order valence-electron chi connectivity index (χ3n) is 7.72. The number of anilines is 2. The van der Waals surface area contributed by atoms with Crippen LogP contribution in [0.5, 0.6) is 5.75 Å². The van der Waals surface area contributed by atoms with Gasteiger partial charge in [0.25, 0.3) is 0 Å². The Morgan fingerprint density at radius 2 is 1.43 bits per heavy atom. The molecule has 0 bridgehead atoms. The summed E-state index contributed by atoms with van der Waals surface area (Å²) in [5, 5.41) is 11.8. The van der Waals surface area contributed by atoms with Gasteiger partial charge in [0.05, 0.1) is 0 Å². The van der Waals surface area contributed by atoms with E-state index in [1.54, 1.807) is 6.07 Å². The molecule has 3 aromatic rings. The Morgan fingerprint density at radius 1 is 0.935 bits per heavy atom. The molecular formula is C35H48Cl3N4O3Ru+. The third-order valence-corrected chi connectivity index (χ3v) is 13.1. The van der Waals surface area contributed by atoms with E-state index in [2.05, 4.69) is 96.8 Å². The number of rotatable bonds is 8. The van der Waals surface area contributed by atoms with Crippen LogP contribution < -0.4 is 14.5 Å². The van der Waals surface area contributed by atoms with Crippen molar-refractivity contribution in [1.29, 1.82) is 0 Å². The van der Waals surface area contributed by atoms with Crippen molar-refractivity contribution in [3.8, 4) is 5.75 Å². The van der Waals surface area contributed by atoms with Crippen LogP contribution >= 0.6 is 31.8 Å². The van der Waals surface area contributed by atoms with E-state index in [1.165, 1.54) is 23.3 Å². The summed E-state index contributed by atoms with van der Waals surface area (Å²) in [5.74, 6) is 0.521. The van der Waals surface area contributed by atoms with Gasteiger partial charge in [0.2, 0.25) is 0 Å². The number of hydrogen-bond donors (Lipinski definition) is 0. The normalized spacial score (nSPS) is 15.7. The molecule has 0 aliphatic carbocycles. The van der Waals surface area contributed by atoms with Crippen LogP contribution in [0.2, 0.25) is 0 Å². The van der Waals surface area contributed by atoms with E-state index in [1.807, 2.05) is 18.5 Å². The first kappa shape index (κ1) is 38.1. The molecule has 1 atom stereocenters. The number of halogens is 3. The SMILES string of the molecule is Cc1cc(C)c(N2CC(C[N+](C)(C)C)N(c3c(C)cc(C)cc3C)[C]2=[Ru]([Cl])([Cl])=[CH]c2cc([N+](=O)[O-])ccc2OC(C)C)c(C)c1.Cl. The first-order valence-corrected chi connectivity index (χ1v) is 21.5.